The molecule has 23 heavy (non-hydrogen) atoms. The van der Waals surface area contributed by atoms with Crippen LogP contribution < -0.4 is 4.74 Å². The molecule has 0 atom stereocenters. The SMILES string of the molecule is CCCCN1C(=CC(=S)c2cc(Cl)ccc2OC)SC(C)=C1C. The van der Waals surface area contributed by atoms with Crippen LogP contribution in [-0.4, -0.2) is 23.4 Å². The number of thioether (sulfide) groups is 1. The molecule has 1 aliphatic rings. The van der Waals surface area contributed by atoms with E-state index in [1.807, 2.05) is 18.2 Å². The van der Waals surface area contributed by atoms with E-state index in [9.17, 15) is 0 Å². The number of hydrogen-bond acceptors (Lipinski definition) is 4. The van der Waals surface area contributed by atoms with Gasteiger partial charge in [0.1, 0.15) is 5.75 Å². The normalized spacial score (nSPS) is 16.4. The fraction of sp³-hybridized carbons (Fsp3) is 0.389. The van der Waals surface area contributed by atoms with Crippen molar-refractivity contribution in [3.05, 3.63) is 50.5 Å². The molecule has 2 nitrogen and oxygen atoms in total. The van der Waals surface area contributed by atoms with E-state index in [1.54, 1.807) is 18.9 Å². The molecule has 1 aromatic carbocycles. The van der Waals surface area contributed by atoms with Crippen LogP contribution >= 0.6 is 35.6 Å². The van der Waals surface area contributed by atoms with Crippen LogP contribution in [-0.2, 0) is 0 Å². The summed E-state index contributed by atoms with van der Waals surface area (Å²) in [6.07, 6.45) is 4.40. The van der Waals surface area contributed by atoms with Crippen molar-refractivity contribution >= 4 is 40.4 Å². The third-order valence-corrected chi connectivity index (χ3v) is 5.58. The van der Waals surface area contributed by atoms with Gasteiger partial charge in [-0.25, -0.2) is 0 Å². The lowest BCUT2D eigenvalue weighted by Crippen LogP contribution is -2.18. The molecule has 0 aromatic heterocycles. The van der Waals surface area contributed by atoms with Gasteiger partial charge in [-0.15, -0.1) is 0 Å². The summed E-state index contributed by atoms with van der Waals surface area (Å²) in [5.41, 5.74) is 2.18. The molecule has 0 spiro atoms. The fourth-order valence-corrected chi connectivity index (χ4v) is 4.01. The van der Waals surface area contributed by atoms with Crippen molar-refractivity contribution < 1.29 is 4.74 Å². The summed E-state index contributed by atoms with van der Waals surface area (Å²) < 4.78 is 5.41. The van der Waals surface area contributed by atoms with E-state index < -0.39 is 0 Å². The lowest BCUT2D eigenvalue weighted by Gasteiger charge is -2.21. The minimum atomic E-state index is 0.661. The number of halogens is 1. The molecule has 0 saturated carbocycles. The van der Waals surface area contributed by atoms with E-state index in [4.69, 9.17) is 28.6 Å². The predicted molar refractivity (Wildman–Crippen MR) is 105 cm³/mol. The van der Waals surface area contributed by atoms with Crippen LogP contribution in [0.25, 0.3) is 0 Å². The number of ether oxygens (including phenoxy) is 1. The average molecular weight is 368 g/mol. The zero-order chi connectivity index (χ0) is 17.0. The van der Waals surface area contributed by atoms with Crippen molar-refractivity contribution in [3.63, 3.8) is 0 Å². The van der Waals surface area contributed by atoms with Crippen molar-refractivity contribution in [1.82, 2.24) is 4.90 Å². The second kappa shape index (κ2) is 8.22. The number of allylic oxidation sites excluding steroid dienone is 3. The topological polar surface area (TPSA) is 12.5 Å². The minimum absolute atomic E-state index is 0.661. The predicted octanol–water partition coefficient (Wildman–Crippen LogP) is 6.01. The molecule has 1 heterocycles. The van der Waals surface area contributed by atoms with Gasteiger partial charge in [0, 0.05) is 27.7 Å². The first-order valence-corrected chi connectivity index (χ1v) is 9.30. The summed E-state index contributed by atoms with van der Waals surface area (Å²) in [5.74, 6) is 0.751. The van der Waals surface area contributed by atoms with Gasteiger partial charge in [-0.05, 0) is 44.5 Å². The number of hydrogen-bond donors (Lipinski definition) is 0. The smallest absolute Gasteiger partial charge is 0.127 e. The molecule has 0 saturated heterocycles. The molecule has 0 aliphatic carbocycles. The number of benzene rings is 1. The number of methoxy groups -OCH3 is 1. The number of rotatable bonds is 6. The molecule has 0 unspecified atom stereocenters. The van der Waals surface area contributed by atoms with Gasteiger partial charge in [-0.1, -0.05) is 48.9 Å². The van der Waals surface area contributed by atoms with E-state index in [-0.39, 0.29) is 0 Å². The minimum Gasteiger partial charge on any atom is -0.496 e. The first-order valence-electron chi connectivity index (χ1n) is 7.70. The van der Waals surface area contributed by atoms with E-state index in [0.29, 0.717) is 5.02 Å². The van der Waals surface area contributed by atoms with Crippen molar-refractivity contribution in [2.45, 2.75) is 33.6 Å². The van der Waals surface area contributed by atoms with Gasteiger partial charge >= 0.3 is 0 Å². The van der Waals surface area contributed by atoms with Crippen LogP contribution in [0.2, 0.25) is 5.02 Å². The summed E-state index contributed by atoms with van der Waals surface area (Å²) in [4.78, 5) is 4.43. The number of unbranched alkanes of at least 4 members (excludes halogenated alkanes) is 1. The van der Waals surface area contributed by atoms with Gasteiger partial charge < -0.3 is 9.64 Å². The molecule has 0 fully saturated rings. The molecule has 124 valence electrons. The van der Waals surface area contributed by atoms with Crippen LogP contribution in [0.15, 0.2) is 39.9 Å². The summed E-state index contributed by atoms with van der Waals surface area (Å²) in [6.45, 7) is 7.55. The average Bonchev–Trinajstić information content (AvgIpc) is 2.79. The van der Waals surface area contributed by atoms with Crippen LogP contribution in [0.4, 0.5) is 0 Å². The first kappa shape index (κ1) is 18.4. The molecule has 0 N–H and O–H groups in total. The van der Waals surface area contributed by atoms with Gasteiger partial charge in [0.15, 0.2) is 0 Å². The zero-order valence-electron chi connectivity index (χ0n) is 14.0. The Morgan fingerprint density at radius 3 is 2.78 bits per heavy atom. The highest BCUT2D eigenvalue weighted by molar-refractivity contribution is 8.07. The van der Waals surface area contributed by atoms with Gasteiger partial charge in [-0.2, -0.15) is 0 Å². The second-order valence-electron chi connectivity index (χ2n) is 5.44. The van der Waals surface area contributed by atoms with Crippen molar-refractivity contribution in [1.29, 1.82) is 0 Å². The highest BCUT2D eigenvalue weighted by Crippen LogP contribution is 2.41. The monoisotopic (exact) mass is 367 g/mol. The summed E-state index contributed by atoms with van der Waals surface area (Å²) in [6, 6.07) is 5.53. The molecule has 1 aromatic rings. The Bertz CT molecular complexity index is 667. The van der Waals surface area contributed by atoms with Gasteiger partial charge in [-0.3, -0.25) is 0 Å². The highest BCUT2D eigenvalue weighted by Gasteiger charge is 2.23. The number of nitrogens with zero attached hydrogens (tertiary/aromatic N) is 1. The summed E-state index contributed by atoms with van der Waals surface area (Å²) in [7, 11) is 1.65. The van der Waals surface area contributed by atoms with Crippen LogP contribution in [0.5, 0.6) is 5.75 Å². The van der Waals surface area contributed by atoms with E-state index >= 15 is 0 Å². The Hall–Kier alpha value is -0.970. The maximum Gasteiger partial charge on any atom is 0.127 e. The highest BCUT2D eigenvalue weighted by atomic mass is 35.5. The molecule has 5 heteroatoms. The Morgan fingerprint density at radius 2 is 2.13 bits per heavy atom. The molecule has 0 radical (unpaired) electrons. The van der Waals surface area contributed by atoms with Crippen LogP contribution in [0.3, 0.4) is 0 Å². The Morgan fingerprint density at radius 1 is 1.39 bits per heavy atom. The largest absolute Gasteiger partial charge is 0.496 e. The van der Waals surface area contributed by atoms with Crippen molar-refractivity contribution in [2.24, 2.45) is 0 Å². The Balaban J connectivity index is 2.30. The zero-order valence-corrected chi connectivity index (χ0v) is 16.4. The van der Waals surface area contributed by atoms with Crippen LogP contribution in [0, 0.1) is 0 Å². The molecule has 2 rings (SSSR count). The fourth-order valence-electron chi connectivity index (χ4n) is 2.41. The third-order valence-electron chi connectivity index (χ3n) is 3.85. The van der Waals surface area contributed by atoms with E-state index in [0.717, 1.165) is 29.1 Å². The lowest BCUT2D eigenvalue weighted by molar-refractivity contribution is 0.414. The summed E-state index contributed by atoms with van der Waals surface area (Å²) in [5, 5.41) is 1.84. The molecular weight excluding hydrogens is 346 g/mol. The third kappa shape index (κ3) is 4.31. The Labute approximate surface area is 153 Å². The van der Waals surface area contributed by atoms with Crippen molar-refractivity contribution in [3.8, 4) is 5.75 Å². The Kier molecular flexibility index (Phi) is 6.57. The first-order chi connectivity index (χ1) is 11.0. The maximum absolute atomic E-state index is 6.12. The van der Waals surface area contributed by atoms with E-state index in [2.05, 4.69) is 31.7 Å². The second-order valence-corrected chi connectivity index (χ2v) is 7.55. The molecule has 0 amide bonds. The quantitative estimate of drug-likeness (QED) is 0.346. The van der Waals surface area contributed by atoms with Crippen LogP contribution in [0.1, 0.15) is 39.2 Å². The molecule has 1 aliphatic heterocycles. The standard InChI is InChI=1S/C18H22ClNOS2/c1-5-6-9-20-12(2)13(3)23-18(20)11-17(22)15-10-14(19)7-8-16(15)21-4/h7-8,10-11H,5-6,9H2,1-4H3. The number of thiocarbonyl (C=S) groups is 1. The molecule has 0 bridgehead atoms. The van der Waals surface area contributed by atoms with Gasteiger partial charge in [0.2, 0.25) is 0 Å². The summed E-state index contributed by atoms with van der Waals surface area (Å²) >= 11 is 13.5. The lowest BCUT2D eigenvalue weighted by atomic mass is 10.1. The maximum atomic E-state index is 6.12. The van der Waals surface area contributed by atoms with Crippen molar-refractivity contribution in [2.75, 3.05) is 13.7 Å². The van der Waals surface area contributed by atoms with E-state index in [1.165, 1.54) is 22.1 Å². The van der Waals surface area contributed by atoms with Gasteiger partial charge in [0.05, 0.1) is 17.0 Å². The van der Waals surface area contributed by atoms with Gasteiger partial charge in [0.25, 0.3) is 0 Å². The molecular formula is C18H22ClNOS2.